The molecule has 0 fully saturated rings. The zero-order chi connectivity index (χ0) is 17.5. The summed E-state index contributed by atoms with van der Waals surface area (Å²) in [7, 11) is 1.66. The molecule has 0 aliphatic carbocycles. The number of thiazole rings is 1. The molecule has 0 saturated heterocycles. The van der Waals surface area contributed by atoms with Crippen molar-refractivity contribution in [2.75, 3.05) is 13.7 Å². The third kappa shape index (κ3) is 4.69. The van der Waals surface area contributed by atoms with E-state index in [1.807, 2.05) is 36.4 Å². The lowest BCUT2D eigenvalue weighted by molar-refractivity contribution is 0.238. The highest BCUT2D eigenvalue weighted by Gasteiger charge is 2.12. The number of furan rings is 1. The molecule has 5 nitrogen and oxygen atoms in total. The molecule has 3 rings (SSSR count). The van der Waals surface area contributed by atoms with Gasteiger partial charge in [0.25, 0.3) is 0 Å². The van der Waals surface area contributed by atoms with Crippen molar-refractivity contribution in [3.8, 4) is 22.4 Å². The van der Waals surface area contributed by atoms with E-state index in [1.165, 1.54) is 0 Å². The fraction of sp³-hybridized carbons (Fsp3) is 0.263. The molecule has 0 unspecified atom stereocenters. The number of hydrogen-bond acceptors (Lipinski definition) is 6. The van der Waals surface area contributed by atoms with E-state index in [4.69, 9.17) is 19.4 Å². The first-order chi connectivity index (χ1) is 12.3. The van der Waals surface area contributed by atoms with E-state index < -0.39 is 0 Å². The van der Waals surface area contributed by atoms with Crippen molar-refractivity contribution in [3.05, 3.63) is 59.5 Å². The van der Waals surface area contributed by atoms with Crippen LogP contribution in [0.15, 0.2) is 52.5 Å². The molecule has 0 radical (unpaired) electrons. The quantitative estimate of drug-likeness (QED) is 0.603. The Kier molecular flexibility index (Phi) is 5.83. The van der Waals surface area contributed by atoms with Crippen molar-refractivity contribution in [1.29, 1.82) is 5.26 Å². The minimum Gasteiger partial charge on any atom is -0.497 e. The first-order valence-corrected chi connectivity index (χ1v) is 8.87. The Hall–Kier alpha value is -2.62. The highest BCUT2D eigenvalue weighted by atomic mass is 32.1. The lowest BCUT2D eigenvalue weighted by Gasteiger charge is -2.18. The molecule has 0 saturated carbocycles. The maximum Gasteiger partial charge on any atom is 0.123 e. The Morgan fingerprint density at radius 1 is 1.24 bits per heavy atom. The van der Waals surface area contributed by atoms with Crippen molar-refractivity contribution >= 4 is 11.3 Å². The average Bonchev–Trinajstić information content (AvgIpc) is 3.32. The molecule has 0 amide bonds. The Morgan fingerprint density at radius 2 is 2.08 bits per heavy atom. The van der Waals surface area contributed by atoms with E-state index in [0.29, 0.717) is 26.1 Å². The van der Waals surface area contributed by atoms with E-state index in [1.54, 1.807) is 24.7 Å². The summed E-state index contributed by atoms with van der Waals surface area (Å²) in [6.07, 6.45) is 2.15. The Morgan fingerprint density at radius 3 is 2.76 bits per heavy atom. The van der Waals surface area contributed by atoms with E-state index in [2.05, 4.69) is 16.3 Å². The van der Waals surface area contributed by atoms with Crippen LogP contribution in [0.2, 0.25) is 0 Å². The maximum absolute atomic E-state index is 8.88. The van der Waals surface area contributed by atoms with Crippen LogP contribution >= 0.6 is 11.3 Å². The normalized spacial score (nSPS) is 10.8. The third-order valence-electron chi connectivity index (χ3n) is 3.77. The summed E-state index contributed by atoms with van der Waals surface area (Å²) < 4.78 is 10.6. The van der Waals surface area contributed by atoms with E-state index in [-0.39, 0.29) is 0 Å². The number of ether oxygens (including phenoxy) is 1. The van der Waals surface area contributed by atoms with Crippen LogP contribution in [0.1, 0.15) is 17.9 Å². The first kappa shape index (κ1) is 17.2. The number of methoxy groups -OCH3 is 1. The van der Waals surface area contributed by atoms with Gasteiger partial charge in [0.15, 0.2) is 0 Å². The SMILES string of the molecule is COc1ccc(-c2nc(CN(CCC#N)Cc3ccco3)cs2)cc1. The van der Waals surface area contributed by atoms with Gasteiger partial charge >= 0.3 is 0 Å². The Balaban J connectivity index is 1.69. The maximum atomic E-state index is 8.88. The van der Waals surface area contributed by atoms with Gasteiger partial charge in [-0.3, -0.25) is 4.90 Å². The van der Waals surface area contributed by atoms with Gasteiger partial charge in [-0.25, -0.2) is 4.98 Å². The van der Waals surface area contributed by atoms with Gasteiger partial charge in [-0.2, -0.15) is 5.26 Å². The van der Waals surface area contributed by atoms with Crippen molar-refractivity contribution in [2.24, 2.45) is 0 Å². The second-order valence-electron chi connectivity index (χ2n) is 5.57. The summed E-state index contributed by atoms with van der Waals surface area (Å²) in [6, 6.07) is 13.9. The van der Waals surface area contributed by atoms with Crippen molar-refractivity contribution < 1.29 is 9.15 Å². The molecule has 0 spiro atoms. The standard InChI is InChI=1S/C19H19N3O2S/c1-23-17-7-5-15(6-8-17)19-21-16(14-25-19)12-22(10-3-9-20)13-18-4-2-11-24-18/h2,4-8,11,14H,3,10,12-13H2,1H3. The fourth-order valence-corrected chi connectivity index (χ4v) is 3.34. The number of hydrogen-bond donors (Lipinski definition) is 0. The third-order valence-corrected chi connectivity index (χ3v) is 4.71. The molecule has 3 aromatic rings. The van der Waals surface area contributed by atoms with Crippen LogP contribution < -0.4 is 4.74 Å². The lowest BCUT2D eigenvalue weighted by Crippen LogP contribution is -2.23. The number of nitriles is 1. The number of rotatable bonds is 8. The van der Waals surface area contributed by atoms with Crippen LogP contribution in [0.3, 0.4) is 0 Å². The molecule has 1 aromatic carbocycles. The molecular weight excluding hydrogens is 334 g/mol. The summed E-state index contributed by atoms with van der Waals surface area (Å²) in [5.41, 5.74) is 2.08. The predicted molar refractivity (Wildman–Crippen MR) is 97.2 cm³/mol. The lowest BCUT2D eigenvalue weighted by atomic mass is 10.2. The van der Waals surface area contributed by atoms with Crippen molar-refractivity contribution in [2.45, 2.75) is 19.5 Å². The minimum atomic E-state index is 0.482. The molecular formula is C19H19N3O2S. The van der Waals surface area contributed by atoms with Gasteiger partial charge in [-0.05, 0) is 36.4 Å². The van der Waals surface area contributed by atoms with Gasteiger partial charge in [-0.15, -0.1) is 11.3 Å². The molecule has 0 aliphatic rings. The zero-order valence-corrected chi connectivity index (χ0v) is 14.8. The van der Waals surface area contributed by atoms with Gasteiger partial charge in [0.05, 0.1) is 31.7 Å². The molecule has 25 heavy (non-hydrogen) atoms. The molecule has 0 atom stereocenters. The van der Waals surface area contributed by atoms with Crippen LogP contribution in [0.5, 0.6) is 5.75 Å². The second kappa shape index (κ2) is 8.47. The molecule has 0 aliphatic heterocycles. The van der Waals surface area contributed by atoms with E-state index in [0.717, 1.165) is 27.8 Å². The fourth-order valence-electron chi connectivity index (χ4n) is 2.52. The summed E-state index contributed by atoms with van der Waals surface area (Å²) in [4.78, 5) is 6.91. The highest BCUT2D eigenvalue weighted by molar-refractivity contribution is 7.13. The van der Waals surface area contributed by atoms with Crippen molar-refractivity contribution in [3.63, 3.8) is 0 Å². The monoisotopic (exact) mass is 353 g/mol. The molecule has 128 valence electrons. The summed E-state index contributed by atoms with van der Waals surface area (Å²) in [6.45, 7) is 2.05. The van der Waals surface area contributed by atoms with Crippen LogP contribution in [-0.4, -0.2) is 23.5 Å². The highest BCUT2D eigenvalue weighted by Crippen LogP contribution is 2.26. The topological polar surface area (TPSA) is 62.3 Å². The second-order valence-corrected chi connectivity index (χ2v) is 6.43. The van der Waals surface area contributed by atoms with Crippen LogP contribution in [0.4, 0.5) is 0 Å². The summed E-state index contributed by atoms with van der Waals surface area (Å²) in [5.74, 6) is 1.73. The molecule has 0 bridgehead atoms. The molecule has 6 heteroatoms. The van der Waals surface area contributed by atoms with Gasteiger partial charge < -0.3 is 9.15 Å². The van der Waals surface area contributed by atoms with E-state index >= 15 is 0 Å². The predicted octanol–water partition coefficient (Wildman–Crippen LogP) is 4.33. The number of aromatic nitrogens is 1. The van der Waals surface area contributed by atoms with Crippen LogP contribution in [0.25, 0.3) is 10.6 Å². The Labute approximate surface area is 151 Å². The zero-order valence-electron chi connectivity index (χ0n) is 14.0. The number of benzene rings is 1. The molecule has 0 N–H and O–H groups in total. The smallest absolute Gasteiger partial charge is 0.123 e. The van der Waals surface area contributed by atoms with Gasteiger partial charge in [0.2, 0.25) is 0 Å². The summed E-state index contributed by atoms with van der Waals surface area (Å²) in [5, 5.41) is 11.9. The van der Waals surface area contributed by atoms with E-state index in [9.17, 15) is 0 Å². The van der Waals surface area contributed by atoms with Gasteiger partial charge in [0, 0.05) is 30.5 Å². The average molecular weight is 353 g/mol. The van der Waals surface area contributed by atoms with Crippen molar-refractivity contribution in [1.82, 2.24) is 9.88 Å². The van der Waals surface area contributed by atoms with Gasteiger partial charge in [0.1, 0.15) is 16.5 Å². The van der Waals surface area contributed by atoms with Gasteiger partial charge in [-0.1, -0.05) is 0 Å². The van der Waals surface area contributed by atoms with Crippen LogP contribution in [-0.2, 0) is 13.1 Å². The largest absolute Gasteiger partial charge is 0.497 e. The molecule has 2 heterocycles. The Bertz CT molecular complexity index is 819. The van der Waals surface area contributed by atoms with Crippen LogP contribution in [0, 0.1) is 11.3 Å². The summed E-state index contributed by atoms with van der Waals surface area (Å²) >= 11 is 1.62. The minimum absolute atomic E-state index is 0.482. The first-order valence-electron chi connectivity index (χ1n) is 7.99. The number of nitrogens with zero attached hydrogens (tertiary/aromatic N) is 3. The molecule has 2 aromatic heterocycles.